The van der Waals surface area contributed by atoms with Crippen LogP contribution in [0.3, 0.4) is 0 Å². The fourth-order valence-corrected chi connectivity index (χ4v) is 2.74. The Morgan fingerprint density at radius 2 is 2.22 bits per heavy atom. The lowest BCUT2D eigenvalue weighted by Crippen LogP contribution is -2.29. The summed E-state index contributed by atoms with van der Waals surface area (Å²) >= 11 is 5.97. The van der Waals surface area contributed by atoms with E-state index >= 15 is 0 Å². The Balaban J connectivity index is 2.54. The molecule has 0 aromatic heterocycles. The zero-order valence-electron chi connectivity index (χ0n) is 10.2. The van der Waals surface area contributed by atoms with E-state index in [-0.39, 0.29) is 17.4 Å². The molecule has 1 rings (SSSR count). The third kappa shape index (κ3) is 5.06. The Kier molecular flexibility index (Phi) is 6.15. The predicted molar refractivity (Wildman–Crippen MR) is 75.9 cm³/mol. The quantitative estimate of drug-likeness (QED) is 0.783. The molecular weight excluding hydrogens is 272 g/mol. The second-order valence-electron chi connectivity index (χ2n) is 3.93. The molecule has 1 aromatic rings. The average Bonchev–Trinajstić information content (AvgIpc) is 2.31. The Labute approximate surface area is 114 Å². The SMILES string of the molecule is CCCNC(=O)CS(=O)Cc1cc(N)ccc1Cl. The largest absolute Gasteiger partial charge is 0.399 e. The minimum Gasteiger partial charge on any atom is -0.399 e. The van der Waals surface area contributed by atoms with Crippen molar-refractivity contribution in [2.75, 3.05) is 18.0 Å². The van der Waals surface area contributed by atoms with Gasteiger partial charge >= 0.3 is 0 Å². The Bertz CT molecular complexity index is 452. The average molecular weight is 289 g/mol. The van der Waals surface area contributed by atoms with Gasteiger partial charge in [0.15, 0.2) is 0 Å². The zero-order chi connectivity index (χ0) is 13.5. The lowest BCUT2D eigenvalue weighted by atomic mass is 10.2. The van der Waals surface area contributed by atoms with Gasteiger partial charge in [0.05, 0.1) is 5.75 Å². The summed E-state index contributed by atoms with van der Waals surface area (Å²) in [5.74, 6) is 0.0318. The summed E-state index contributed by atoms with van der Waals surface area (Å²) in [6.07, 6.45) is 0.861. The van der Waals surface area contributed by atoms with Crippen LogP contribution in [0.25, 0.3) is 0 Å². The number of benzene rings is 1. The molecule has 1 unspecified atom stereocenters. The van der Waals surface area contributed by atoms with E-state index < -0.39 is 10.8 Å². The van der Waals surface area contributed by atoms with Crippen LogP contribution in [0.15, 0.2) is 18.2 Å². The molecule has 0 saturated heterocycles. The standard InChI is InChI=1S/C12H17ClN2O2S/c1-2-5-15-12(16)8-18(17)7-9-6-10(14)3-4-11(9)13/h3-4,6H,2,5,7-8,14H2,1H3,(H,15,16). The van der Waals surface area contributed by atoms with Gasteiger partial charge in [0.1, 0.15) is 5.75 Å². The van der Waals surface area contributed by atoms with Gasteiger partial charge in [-0.3, -0.25) is 9.00 Å². The molecule has 0 heterocycles. The fraction of sp³-hybridized carbons (Fsp3) is 0.417. The molecule has 100 valence electrons. The number of nitrogens with one attached hydrogen (secondary N) is 1. The maximum absolute atomic E-state index is 11.8. The summed E-state index contributed by atoms with van der Waals surface area (Å²) in [6, 6.07) is 5.04. The molecule has 1 amide bonds. The molecule has 0 aliphatic rings. The lowest BCUT2D eigenvalue weighted by molar-refractivity contribution is -0.118. The van der Waals surface area contributed by atoms with Gasteiger partial charge in [-0.15, -0.1) is 0 Å². The minimum atomic E-state index is -1.28. The van der Waals surface area contributed by atoms with Crippen LogP contribution in [0.2, 0.25) is 5.02 Å². The highest BCUT2D eigenvalue weighted by atomic mass is 35.5. The first-order valence-electron chi connectivity index (χ1n) is 5.68. The number of halogens is 1. The van der Waals surface area contributed by atoms with Crippen LogP contribution in [-0.4, -0.2) is 22.4 Å². The third-order valence-corrected chi connectivity index (χ3v) is 3.84. The van der Waals surface area contributed by atoms with Gasteiger partial charge in [-0.25, -0.2) is 0 Å². The maximum Gasteiger partial charge on any atom is 0.232 e. The normalized spacial score (nSPS) is 12.1. The second kappa shape index (κ2) is 7.38. The molecule has 1 aromatic carbocycles. The number of amides is 1. The van der Waals surface area contributed by atoms with Gasteiger partial charge in [0.25, 0.3) is 0 Å². The summed E-state index contributed by atoms with van der Waals surface area (Å²) in [5.41, 5.74) is 6.91. The Morgan fingerprint density at radius 3 is 2.89 bits per heavy atom. The lowest BCUT2D eigenvalue weighted by Gasteiger charge is -2.06. The molecule has 4 nitrogen and oxygen atoms in total. The molecule has 18 heavy (non-hydrogen) atoms. The van der Waals surface area contributed by atoms with Crippen LogP contribution < -0.4 is 11.1 Å². The van der Waals surface area contributed by atoms with Crippen molar-refractivity contribution in [1.82, 2.24) is 5.32 Å². The van der Waals surface area contributed by atoms with Crippen molar-refractivity contribution in [2.24, 2.45) is 0 Å². The van der Waals surface area contributed by atoms with Gasteiger partial charge in [-0.1, -0.05) is 18.5 Å². The van der Waals surface area contributed by atoms with E-state index in [0.717, 1.165) is 6.42 Å². The third-order valence-electron chi connectivity index (χ3n) is 2.25. The van der Waals surface area contributed by atoms with Crippen molar-refractivity contribution in [2.45, 2.75) is 19.1 Å². The van der Waals surface area contributed by atoms with Gasteiger partial charge in [-0.05, 0) is 30.2 Å². The summed E-state index contributed by atoms with van der Waals surface area (Å²) in [7, 11) is -1.28. The fourth-order valence-electron chi connectivity index (χ4n) is 1.39. The van der Waals surface area contributed by atoms with E-state index in [1.54, 1.807) is 18.2 Å². The number of hydrogen-bond donors (Lipinski definition) is 2. The second-order valence-corrected chi connectivity index (χ2v) is 5.79. The molecule has 0 fully saturated rings. The van der Waals surface area contributed by atoms with E-state index in [1.165, 1.54) is 0 Å². The number of hydrogen-bond acceptors (Lipinski definition) is 3. The monoisotopic (exact) mass is 288 g/mol. The number of nitrogens with two attached hydrogens (primary N) is 1. The molecule has 0 radical (unpaired) electrons. The van der Waals surface area contributed by atoms with Crippen molar-refractivity contribution < 1.29 is 9.00 Å². The molecule has 3 N–H and O–H groups in total. The highest BCUT2D eigenvalue weighted by Crippen LogP contribution is 2.20. The van der Waals surface area contributed by atoms with E-state index in [1.807, 2.05) is 6.92 Å². The van der Waals surface area contributed by atoms with E-state index in [0.29, 0.717) is 22.8 Å². The summed E-state index contributed by atoms with van der Waals surface area (Å²) < 4.78 is 11.8. The smallest absolute Gasteiger partial charge is 0.232 e. The molecular formula is C12H17ClN2O2S. The highest BCUT2D eigenvalue weighted by molar-refractivity contribution is 7.84. The molecule has 6 heteroatoms. The van der Waals surface area contributed by atoms with Gasteiger partial charge in [-0.2, -0.15) is 0 Å². The Morgan fingerprint density at radius 1 is 1.50 bits per heavy atom. The Hall–Kier alpha value is -1.07. The molecule has 0 bridgehead atoms. The molecule has 0 aliphatic heterocycles. The molecule has 1 atom stereocenters. The van der Waals surface area contributed by atoms with E-state index in [2.05, 4.69) is 5.32 Å². The minimum absolute atomic E-state index is 0.00880. The summed E-state index contributed by atoms with van der Waals surface area (Å²) in [6.45, 7) is 2.57. The first kappa shape index (κ1) is 15.0. The number of nitrogen functional groups attached to an aromatic ring is 1. The van der Waals surface area contributed by atoms with Crippen LogP contribution in [0.5, 0.6) is 0 Å². The number of carbonyl (C=O) groups excluding carboxylic acids is 1. The van der Waals surface area contributed by atoms with E-state index in [4.69, 9.17) is 17.3 Å². The summed E-state index contributed by atoms with van der Waals surface area (Å²) in [4.78, 5) is 11.4. The molecule has 0 saturated carbocycles. The predicted octanol–water partition coefficient (Wildman–Crippen LogP) is 1.70. The maximum atomic E-state index is 11.8. The van der Waals surface area contributed by atoms with Crippen molar-refractivity contribution in [3.63, 3.8) is 0 Å². The highest BCUT2D eigenvalue weighted by Gasteiger charge is 2.10. The zero-order valence-corrected chi connectivity index (χ0v) is 11.8. The van der Waals surface area contributed by atoms with Crippen LogP contribution >= 0.6 is 11.6 Å². The van der Waals surface area contributed by atoms with Crippen molar-refractivity contribution >= 4 is 34.0 Å². The van der Waals surface area contributed by atoms with Gasteiger partial charge in [0, 0.05) is 28.1 Å². The van der Waals surface area contributed by atoms with Gasteiger partial charge < -0.3 is 11.1 Å². The van der Waals surface area contributed by atoms with Crippen LogP contribution in [0.1, 0.15) is 18.9 Å². The molecule has 0 aliphatic carbocycles. The number of rotatable bonds is 6. The number of anilines is 1. The van der Waals surface area contributed by atoms with Crippen LogP contribution in [-0.2, 0) is 21.3 Å². The van der Waals surface area contributed by atoms with Gasteiger partial charge in [0.2, 0.25) is 5.91 Å². The van der Waals surface area contributed by atoms with E-state index in [9.17, 15) is 9.00 Å². The van der Waals surface area contributed by atoms with Crippen LogP contribution in [0.4, 0.5) is 5.69 Å². The first-order valence-corrected chi connectivity index (χ1v) is 7.55. The molecule has 0 spiro atoms. The van der Waals surface area contributed by atoms with Crippen molar-refractivity contribution in [3.8, 4) is 0 Å². The van der Waals surface area contributed by atoms with Crippen molar-refractivity contribution in [3.05, 3.63) is 28.8 Å². The topological polar surface area (TPSA) is 72.2 Å². The first-order chi connectivity index (χ1) is 8.52. The summed E-state index contributed by atoms with van der Waals surface area (Å²) in [5, 5.41) is 3.21. The number of carbonyl (C=O) groups is 1. The van der Waals surface area contributed by atoms with Crippen LogP contribution in [0, 0.1) is 0 Å². The van der Waals surface area contributed by atoms with Crippen molar-refractivity contribution in [1.29, 1.82) is 0 Å².